The number of carbonyl (C=O) groups excluding carboxylic acids is 1. The molecule has 2 saturated carbocycles. The summed E-state index contributed by atoms with van der Waals surface area (Å²) in [5.41, 5.74) is 0.259. The molecule has 0 aromatic rings. The van der Waals surface area contributed by atoms with Crippen LogP contribution in [0.3, 0.4) is 0 Å². The zero-order chi connectivity index (χ0) is 10.9. The smallest absolute Gasteiger partial charge is 0.220 e. The number of carbonyl (C=O) groups is 1. The van der Waals surface area contributed by atoms with E-state index in [9.17, 15) is 4.79 Å². The molecule has 2 rings (SSSR count). The summed E-state index contributed by atoms with van der Waals surface area (Å²) in [4.78, 5) is 11.8. The minimum absolute atomic E-state index is 0.250. The van der Waals surface area contributed by atoms with Crippen LogP contribution in [-0.4, -0.2) is 17.7 Å². The summed E-state index contributed by atoms with van der Waals surface area (Å²) in [7, 11) is 0. The molecule has 0 aromatic carbocycles. The van der Waals surface area contributed by atoms with Crippen LogP contribution in [0.5, 0.6) is 0 Å². The third-order valence-corrected chi connectivity index (χ3v) is 4.71. The van der Waals surface area contributed by atoms with Gasteiger partial charge in [-0.1, -0.05) is 13.3 Å². The van der Waals surface area contributed by atoms with Gasteiger partial charge in [0, 0.05) is 12.5 Å². The molecule has 1 amide bonds. The normalized spacial score (nSPS) is 32.7. The molecule has 0 aliphatic heterocycles. The Kier molecular flexibility index (Phi) is 3.29. The van der Waals surface area contributed by atoms with Crippen molar-refractivity contribution in [3.05, 3.63) is 0 Å². The molecule has 2 aliphatic carbocycles. The van der Waals surface area contributed by atoms with Gasteiger partial charge >= 0.3 is 0 Å². The molecule has 2 atom stereocenters. The van der Waals surface area contributed by atoms with E-state index in [0.717, 1.165) is 5.75 Å². The van der Waals surface area contributed by atoms with Gasteiger partial charge in [-0.15, -0.1) is 0 Å². The zero-order valence-corrected chi connectivity index (χ0v) is 10.4. The van der Waals surface area contributed by atoms with Gasteiger partial charge in [-0.3, -0.25) is 4.79 Å². The van der Waals surface area contributed by atoms with Crippen molar-refractivity contribution in [2.75, 3.05) is 5.75 Å². The number of hydrogen-bond donors (Lipinski definition) is 2. The van der Waals surface area contributed by atoms with Crippen LogP contribution in [0.2, 0.25) is 0 Å². The van der Waals surface area contributed by atoms with Crippen molar-refractivity contribution < 1.29 is 4.79 Å². The Morgan fingerprint density at radius 3 is 2.67 bits per heavy atom. The van der Waals surface area contributed by atoms with Crippen molar-refractivity contribution in [3.8, 4) is 0 Å². The fraction of sp³-hybridized carbons (Fsp3) is 0.917. The summed E-state index contributed by atoms with van der Waals surface area (Å²) in [6, 6.07) is 0.438. The monoisotopic (exact) mass is 227 g/mol. The first-order chi connectivity index (χ1) is 7.15. The molecule has 1 N–H and O–H groups in total. The van der Waals surface area contributed by atoms with Crippen molar-refractivity contribution >= 4 is 18.5 Å². The second kappa shape index (κ2) is 4.36. The van der Waals surface area contributed by atoms with Crippen molar-refractivity contribution in [2.24, 2.45) is 11.3 Å². The minimum atomic E-state index is 0.250. The molecule has 0 aromatic heterocycles. The van der Waals surface area contributed by atoms with Gasteiger partial charge in [0.15, 0.2) is 0 Å². The average Bonchev–Trinajstić information content (AvgIpc) is 2.86. The Morgan fingerprint density at radius 2 is 2.20 bits per heavy atom. The Labute approximate surface area is 97.6 Å². The van der Waals surface area contributed by atoms with Crippen LogP contribution in [0.25, 0.3) is 0 Å². The Bertz CT molecular complexity index is 250. The van der Waals surface area contributed by atoms with Crippen molar-refractivity contribution in [3.63, 3.8) is 0 Å². The molecular formula is C12H21NOS. The molecule has 0 spiro atoms. The van der Waals surface area contributed by atoms with E-state index < -0.39 is 0 Å². The highest BCUT2D eigenvalue weighted by atomic mass is 32.1. The summed E-state index contributed by atoms with van der Waals surface area (Å²) in [6.07, 6.45) is 6.77. The quantitative estimate of drug-likeness (QED) is 0.709. The molecule has 3 heteroatoms. The van der Waals surface area contributed by atoms with Crippen LogP contribution < -0.4 is 5.32 Å². The molecule has 2 aliphatic rings. The van der Waals surface area contributed by atoms with Crippen LogP contribution >= 0.6 is 12.6 Å². The lowest BCUT2D eigenvalue weighted by Crippen LogP contribution is -2.37. The van der Waals surface area contributed by atoms with Crippen LogP contribution in [0.1, 0.15) is 45.4 Å². The number of nitrogens with one attached hydrogen (secondary N) is 1. The van der Waals surface area contributed by atoms with Crippen LogP contribution in [0.15, 0.2) is 0 Å². The summed E-state index contributed by atoms with van der Waals surface area (Å²) in [5.74, 6) is 1.78. The van der Waals surface area contributed by atoms with E-state index in [-0.39, 0.29) is 11.3 Å². The highest BCUT2D eigenvalue weighted by molar-refractivity contribution is 7.80. The first-order valence-electron chi connectivity index (χ1n) is 6.05. The van der Waals surface area contributed by atoms with Gasteiger partial charge in [-0.2, -0.15) is 12.6 Å². The topological polar surface area (TPSA) is 29.1 Å². The highest BCUT2D eigenvalue weighted by Gasteiger charge is 2.43. The van der Waals surface area contributed by atoms with Gasteiger partial charge in [-0.05, 0) is 42.8 Å². The molecule has 15 heavy (non-hydrogen) atoms. The lowest BCUT2D eigenvalue weighted by Gasteiger charge is -2.19. The van der Waals surface area contributed by atoms with E-state index in [1.165, 1.54) is 32.1 Å². The molecule has 0 radical (unpaired) electrons. The Morgan fingerprint density at radius 1 is 1.47 bits per heavy atom. The average molecular weight is 227 g/mol. The predicted molar refractivity (Wildman–Crippen MR) is 65.1 cm³/mol. The molecule has 2 nitrogen and oxygen atoms in total. The first kappa shape index (κ1) is 11.3. The van der Waals surface area contributed by atoms with Gasteiger partial charge in [0.2, 0.25) is 5.91 Å². The van der Waals surface area contributed by atoms with Gasteiger partial charge in [0.25, 0.3) is 0 Å². The van der Waals surface area contributed by atoms with Crippen LogP contribution in [-0.2, 0) is 4.79 Å². The van der Waals surface area contributed by atoms with Crippen molar-refractivity contribution in [2.45, 2.75) is 51.5 Å². The van der Waals surface area contributed by atoms with Crippen LogP contribution in [0.4, 0.5) is 0 Å². The van der Waals surface area contributed by atoms with E-state index in [1.54, 1.807) is 0 Å². The van der Waals surface area contributed by atoms with E-state index >= 15 is 0 Å². The van der Waals surface area contributed by atoms with Crippen molar-refractivity contribution in [1.82, 2.24) is 5.32 Å². The number of rotatable bonds is 4. The van der Waals surface area contributed by atoms with Gasteiger partial charge in [0.1, 0.15) is 0 Å². The van der Waals surface area contributed by atoms with E-state index in [0.29, 0.717) is 18.4 Å². The second-order valence-corrected chi connectivity index (χ2v) is 5.73. The molecule has 0 heterocycles. The summed E-state index contributed by atoms with van der Waals surface area (Å²) in [5, 5.41) is 3.19. The Hall–Kier alpha value is -0.180. The maximum absolute atomic E-state index is 11.8. The van der Waals surface area contributed by atoms with Crippen molar-refractivity contribution in [1.29, 1.82) is 0 Å². The lowest BCUT2D eigenvalue weighted by molar-refractivity contribution is -0.123. The van der Waals surface area contributed by atoms with Gasteiger partial charge < -0.3 is 5.32 Å². The molecule has 0 saturated heterocycles. The van der Waals surface area contributed by atoms with E-state index in [1.807, 2.05) is 0 Å². The third-order valence-electron chi connectivity index (χ3n) is 4.04. The first-order valence-corrected chi connectivity index (χ1v) is 6.69. The zero-order valence-electron chi connectivity index (χ0n) is 9.46. The predicted octanol–water partition coefficient (Wildman–Crippen LogP) is 2.39. The summed E-state index contributed by atoms with van der Waals surface area (Å²) >= 11 is 4.32. The second-order valence-electron chi connectivity index (χ2n) is 5.42. The maximum atomic E-state index is 11.8. The van der Waals surface area contributed by atoms with E-state index in [2.05, 4.69) is 24.9 Å². The SMILES string of the molecule is CC1CCCC1NC(=O)CC1(CS)CC1. The van der Waals surface area contributed by atoms with Gasteiger partial charge in [0.05, 0.1) is 0 Å². The molecule has 0 bridgehead atoms. The standard InChI is InChI=1S/C12H21NOS/c1-9-3-2-4-10(9)13-11(14)7-12(8-15)5-6-12/h9-10,15H,2-8H2,1H3,(H,13,14). The molecular weight excluding hydrogens is 206 g/mol. The lowest BCUT2D eigenvalue weighted by atomic mass is 10.0. The highest BCUT2D eigenvalue weighted by Crippen LogP contribution is 2.49. The largest absolute Gasteiger partial charge is 0.353 e. The third kappa shape index (κ3) is 2.68. The summed E-state index contributed by atoms with van der Waals surface area (Å²) in [6.45, 7) is 2.24. The number of thiol groups is 1. The summed E-state index contributed by atoms with van der Waals surface area (Å²) < 4.78 is 0. The van der Waals surface area contributed by atoms with E-state index in [4.69, 9.17) is 0 Å². The fourth-order valence-electron chi connectivity index (χ4n) is 2.53. The fourth-order valence-corrected chi connectivity index (χ4v) is 2.95. The number of hydrogen-bond acceptors (Lipinski definition) is 2. The molecule has 2 unspecified atom stereocenters. The molecule has 86 valence electrons. The van der Waals surface area contributed by atoms with Crippen LogP contribution in [0, 0.1) is 11.3 Å². The number of amides is 1. The maximum Gasteiger partial charge on any atom is 0.220 e. The molecule has 2 fully saturated rings. The minimum Gasteiger partial charge on any atom is -0.353 e. The Balaban J connectivity index is 1.77. The van der Waals surface area contributed by atoms with Gasteiger partial charge in [-0.25, -0.2) is 0 Å².